The zero-order valence-corrected chi connectivity index (χ0v) is 16.2. The highest BCUT2D eigenvalue weighted by Crippen LogP contribution is 2.21. The molecular weight excluding hydrogens is 282 g/mol. The molecule has 0 aromatic carbocycles. The van der Waals surface area contributed by atoms with Crippen LogP contribution in [0.15, 0.2) is 43.1 Å². The molecule has 1 heterocycles. The van der Waals surface area contributed by atoms with Gasteiger partial charge >= 0.3 is 0 Å². The lowest BCUT2D eigenvalue weighted by atomic mass is 9.99. The second-order valence-corrected chi connectivity index (χ2v) is 12.4. The number of pyridine rings is 1. The molecule has 0 atom stereocenters. The molecule has 1 aromatic heterocycles. The molecule has 0 radical (unpaired) electrons. The zero-order chi connectivity index (χ0) is 16.9. The van der Waals surface area contributed by atoms with Gasteiger partial charge in [0.2, 0.25) is 0 Å². The van der Waals surface area contributed by atoms with Crippen molar-refractivity contribution >= 4 is 18.8 Å². The van der Waals surface area contributed by atoms with Gasteiger partial charge in [-0.05, 0) is 46.7 Å². The molecule has 0 saturated heterocycles. The lowest BCUT2D eigenvalue weighted by Gasteiger charge is -2.22. The first kappa shape index (κ1) is 18.6. The monoisotopic (exact) mass is 313 g/mol. The van der Waals surface area contributed by atoms with Crippen molar-refractivity contribution in [2.24, 2.45) is 5.92 Å². The van der Waals surface area contributed by atoms with Gasteiger partial charge in [-0.2, -0.15) is 0 Å². The molecule has 0 aliphatic rings. The maximum atomic E-state index is 4.68. The Morgan fingerprint density at radius 3 is 2.41 bits per heavy atom. The average Bonchev–Trinajstić information content (AvgIpc) is 2.41. The van der Waals surface area contributed by atoms with Gasteiger partial charge < -0.3 is 0 Å². The average molecular weight is 314 g/mol. The fourth-order valence-corrected chi connectivity index (χ4v) is 4.06. The highest BCUT2D eigenvalue weighted by molar-refractivity contribution is 6.89. The summed E-state index contributed by atoms with van der Waals surface area (Å²) in [4.78, 5) is 4.68. The first-order valence-electron chi connectivity index (χ1n) is 8.21. The van der Waals surface area contributed by atoms with E-state index in [0.717, 1.165) is 29.7 Å². The summed E-state index contributed by atoms with van der Waals surface area (Å²) in [7, 11) is -1.38. The Balaban J connectivity index is 3.21. The van der Waals surface area contributed by atoms with Crippen molar-refractivity contribution in [2.75, 3.05) is 0 Å². The lowest BCUT2D eigenvalue weighted by molar-refractivity contribution is 0.648. The molecule has 0 aliphatic carbocycles. The SMILES string of the molecule is C=C(/C=C\CC)C(=C)c1cc(CC(C)C)c([Si](C)(C)C)cn1. The summed E-state index contributed by atoms with van der Waals surface area (Å²) in [6.07, 6.45) is 8.34. The van der Waals surface area contributed by atoms with Gasteiger partial charge in [-0.1, -0.05) is 65.7 Å². The second kappa shape index (κ2) is 7.73. The van der Waals surface area contributed by atoms with Crippen LogP contribution in [0.1, 0.15) is 38.4 Å². The standard InChI is InChI=1S/C20H31NSi/c1-9-10-11-16(4)17(5)19-13-18(12-15(2)3)20(14-21-19)22(6,7)8/h10-11,13-15H,4-5,9,12H2,1-3,6-8H3/b11-10-. The number of allylic oxidation sites excluding steroid dienone is 4. The van der Waals surface area contributed by atoms with E-state index in [-0.39, 0.29) is 0 Å². The van der Waals surface area contributed by atoms with Crippen LogP contribution in [-0.2, 0) is 6.42 Å². The zero-order valence-electron chi connectivity index (χ0n) is 15.2. The smallest absolute Gasteiger partial charge is 0.0799 e. The maximum absolute atomic E-state index is 4.68. The lowest BCUT2D eigenvalue weighted by Crippen LogP contribution is -2.41. The Bertz CT molecular complexity index is 574. The number of hydrogen-bond acceptors (Lipinski definition) is 1. The van der Waals surface area contributed by atoms with Crippen LogP contribution in [0.5, 0.6) is 0 Å². The Hall–Kier alpha value is -1.41. The Morgan fingerprint density at radius 1 is 1.27 bits per heavy atom. The molecular formula is C20H31NSi. The molecule has 2 heteroatoms. The number of hydrogen-bond donors (Lipinski definition) is 0. The van der Waals surface area contributed by atoms with Gasteiger partial charge in [0.25, 0.3) is 0 Å². The third-order valence-corrected chi connectivity index (χ3v) is 5.74. The number of aromatic nitrogens is 1. The summed E-state index contributed by atoms with van der Waals surface area (Å²) in [5.41, 5.74) is 4.28. The Morgan fingerprint density at radius 2 is 1.91 bits per heavy atom. The number of rotatable bonds is 7. The molecule has 0 N–H and O–H groups in total. The predicted molar refractivity (Wildman–Crippen MR) is 103 cm³/mol. The normalized spacial score (nSPS) is 12.1. The van der Waals surface area contributed by atoms with E-state index in [0.29, 0.717) is 5.92 Å². The fourth-order valence-electron chi connectivity index (χ4n) is 2.47. The Kier molecular flexibility index (Phi) is 6.55. The summed E-state index contributed by atoms with van der Waals surface area (Å²) < 4.78 is 0. The topological polar surface area (TPSA) is 12.9 Å². The molecule has 1 aromatic rings. The molecule has 0 bridgehead atoms. The highest BCUT2D eigenvalue weighted by atomic mass is 28.3. The molecule has 0 fully saturated rings. The third-order valence-electron chi connectivity index (χ3n) is 3.68. The van der Waals surface area contributed by atoms with Crippen LogP contribution in [0.4, 0.5) is 0 Å². The van der Waals surface area contributed by atoms with Gasteiger partial charge in [0, 0.05) is 6.20 Å². The summed E-state index contributed by atoms with van der Waals surface area (Å²) in [5.74, 6) is 0.641. The van der Waals surface area contributed by atoms with Gasteiger partial charge in [0.15, 0.2) is 0 Å². The van der Waals surface area contributed by atoms with Crippen LogP contribution >= 0.6 is 0 Å². The molecule has 0 saturated carbocycles. The summed E-state index contributed by atoms with van der Waals surface area (Å²) in [5, 5.41) is 1.47. The van der Waals surface area contributed by atoms with Gasteiger partial charge in [-0.25, -0.2) is 0 Å². The van der Waals surface area contributed by atoms with E-state index in [4.69, 9.17) is 0 Å². The van der Waals surface area contributed by atoms with Crippen LogP contribution < -0.4 is 5.19 Å². The van der Waals surface area contributed by atoms with E-state index >= 15 is 0 Å². The molecule has 1 rings (SSSR count). The predicted octanol–water partition coefficient (Wildman–Crippen LogP) is 5.36. The molecule has 22 heavy (non-hydrogen) atoms. The summed E-state index contributed by atoms with van der Waals surface area (Å²) in [6.45, 7) is 22.1. The van der Waals surface area contributed by atoms with Crippen molar-refractivity contribution in [1.82, 2.24) is 4.98 Å². The highest BCUT2D eigenvalue weighted by Gasteiger charge is 2.22. The maximum Gasteiger partial charge on any atom is 0.0799 e. The molecule has 120 valence electrons. The van der Waals surface area contributed by atoms with Crippen molar-refractivity contribution in [3.63, 3.8) is 0 Å². The molecule has 0 amide bonds. The van der Waals surface area contributed by atoms with Crippen molar-refractivity contribution in [2.45, 2.75) is 53.3 Å². The van der Waals surface area contributed by atoms with Crippen LogP contribution in [0.25, 0.3) is 5.57 Å². The quantitative estimate of drug-likeness (QED) is 0.488. The van der Waals surface area contributed by atoms with Crippen LogP contribution in [0.3, 0.4) is 0 Å². The van der Waals surface area contributed by atoms with Crippen molar-refractivity contribution in [1.29, 1.82) is 0 Å². The largest absolute Gasteiger partial charge is 0.256 e. The minimum Gasteiger partial charge on any atom is -0.256 e. The molecule has 0 unspecified atom stereocenters. The van der Waals surface area contributed by atoms with Crippen LogP contribution in [0.2, 0.25) is 19.6 Å². The van der Waals surface area contributed by atoms with Crippen LogP contribution in [0, 0.1) is 5.92 Å². The first-order chi connectivity index (χ1) is 10.2. The van der Waals surface area contributed by atoms with Crippen molar-refractivity contribution in [3.05, 3.63) is 54.4 Å². The summed E-state index contributed by atoms with van der Waals surface area (Å²) >= 11 is 0. The fraction of sp³-hybridized carbons (Fsp3) is 0.450. The van der Waals surface area contributed by atoms with Gasteiger partial charge in [0.1, 0.15) is 0 Å². The molecule has 1 nitrogen and oxygen atoms in total. The second-order valence-electron chi connectivity index (χ2n) is 7.39. The van der Waals surface area contributed by atoms with E-state index < -0.39 is 8.07 Å². The first-order valence-corrected chi connectivity index (χ1v) is 11.7. The third kappa shape index (κ3) is 5.10. The number of nitrogens with zero attached hydrogens (tertiary/aromatic N) is 1. The molecule has 0 spiro atoms. The van der Waals surface area contributed by atoms with Crippen molar-refractivity contribution in [3.8, 4) is 0 Å². The van der Waals surface area contributed by atoms with E-state index in [1.807, 2.05) is 6.08 Å². The minimum absolute atomic E-state index is 0.641. The van der Waals surface area contributed by atoms with E-state index in [9.17, 15) is 0 Å². The Labute approximate surface area is 137 Å². The minimum atomic E-state index is -1.38. The van der Waals surface area contributed by atoms with Gasteiger partial charge in [-0.3, -0.25) is 4.98 Å². The van der Waals surface area contributed by atoms with Gasteiger partial charge in [-0.15, -0.1) is 0 Å². The summed E-state index contributed by atoms with van der Waals surface area (Å²) in [6, 6.07) is 2.24. The van der Waals surface area contributed by atoms with E-state index in [2.05, 4.69) is 76.9 Å². The van der Waals surface area contributed by atoms with Crippen LogP contribution in [-0.4, -0.2) is 13.1 Å². The van der Waals surface area contributed by atoms with E-state index in [1.165, 1.54) is 10.8 Å². The molecule has 0 aliphatic heterocycles. The van der Waals surface area contributed by atoms with E-state index in [1.54, 1.807) is 0 Å². The van der Waals surface area contributed by atoms with Crippen molar-refractivity contribution < 1.29 is 0 Å². The van der Waals surface area contributed by atoms with Gasteiger partial charge in [0.05, 0.1) is 13.8 Å².